The van der Waals surface area contributed by atoms with E-state index in [2.05, 4.69) is 16.3 Å². The molecule has 1 aliphatic heterocycles. The molecule has 9 nitrogen and oxygen atoms in total. The number of nitrogens with zero attached hydrogens (tertiary/aromatic N) is 5. The van der Waals surface area contributed by atoms with E-state index in [4.69, 9.17) is 14.7 Å². The van der Waals surface area contributed by atoms with Gasteiger partial charge in [0.2, 0.25) is 10.0 Å². The second kappa shape index (κ2) is 8.50. The minimum absolute atomic E-state index is 0.252. The first-order valence-corrected chi connectivity index (χ1v) is 12.3. The molecule has 0 amide bonds. The molecule has 170 valence electrons. The van der Waals surface area contributed by atoms with Gasteiger partial charge in [-0.15, -0.1) is 0 Å². The number of fused-ring (bicyclic) bond motifs is 1. The van der Waals surface area contributed by atoms with Crippen molar-refractivity contribution >= 4 is 32.7 Å². The van der Waals surface area contributed by atoms with Crippen molar-refractivity contribution < 1.29 is 13.2 Å². The Kier molecular flexibility index (Phi) is 5.52. The molecule has 2 heterocycles. The van der Waals surface area contributed by atoms with E-state index in [0.717, 1.165) is 18.4 Å². The SMILES string of the molecule is COc1ccc(S(=O)(=O)N2CCN(c3nc4cc(C#N)ccc4nc3NC3CC3)CC2)cc1. The Morgan fingerprint density at radius 1 is 1.03 bits per heavy atom. The molecule has 2 aliphatic rings. The van der Waals surface area contributed by atoms with Gasteiger partial charge in [0, 0.05) is 32.2 Å². The van der Waals surface area contributed by atoms with E-state index in [1.54, 1.807) is 43.5 Å². The zero-order chi connectivity index (χ0) is 23.0. The number of hydrogen-bond donors (Lipinski definition) is 1. The van der Waals surface area contributed by atoms with E-state index >= 15 is 0 Å². The van der Waals surface area contributed by atoms with Gasteiger partial charge in [-0.05, 0) is 55.3 Å². The van der Waals surface area contributed by atoms with Gasteiger partial charge in [0.1, 0.15) is 5.75 Å². The lowest BCUT2D eigenvalue weighted by Gasteiger charge is -2.35. The van der Waals surface area contributed by atoms with Crippen LogP contribution in [0, 0.1) is 11.3 Å². The van der Waals surface area contributed by atoms with Crippen molar-refractivity contribution in [1.82, 2.24) is 14.3 Å². The smallest absolute Gasteiger partial charge is 0.243 e. The number of methoxy groups -OCH3 is 1. The number of sulfonamides is 1. The molecule has 2 fully saturated rings. The number of anilines is 2. The maximum absolute atomic E-state index is 13.1. The van der Waals surface area contributed by atoms with Crippen LogP contribution >= 0.6 is 0 Å². The molecule has 0 unspecified atom stereocenters. The van der Waals surface area contributed by atoms with Crippen molar-refractivity contribution in [3.63, 3.8) is 0 Å². The van der Waals surface area contributed by atoms with E-state index in [1.807, 2.05) is 6.07 Å². The number of rotatable bonds is 6. The third-order valence-corrected chi connectivity index (χ3v) is 7.84. The Balaban J connectivity index is 1.39. The predicted molar refractivity (Wildman–Crippen MR) is 125 cm³/mol. The Morgan fingerprint density at radius 2 is 1.76 bits per heavy atom. The zero-order valence-electron chi connectivity index (χ0n) is 18.2. The van der Waals surface area contributed by atoms with Crippen LogP contribution in [0.5, 0.6) is 5.75 Å². The Hall–Kier alpha value is -3.42. The minimum Gasteiger partial charge on any atom is -0.497 e. The molecule has 5 rings (SSSR count). The molecule has 3 aromatic rings. The summed E-state index contributed by atoms with van der Waals surface area (Å²) in [5, 5.41) is 12.7. The largest absolute Gasteiger partial charge is 0.497 e. The molecule has 1 saturated carbocycles. The van der Waals surface area contributed by atoms with Crippen LogP contribution in [-0.4, -0.2) is 62.0 Å². The second-order valence-corrected chi connectivity index (χ2v) is 10.1. The highest BCUT2D eigenvalue weighted by molar-refractivity contribution is 7.89. The Labute approximate surface area is 192 Å². The van der Waals surface area contributed by atoms with Crippen LogP contribution in [0.2, 0.25) is 0 Å². The summed E-state index contributed by atoms with van der Waals surface area (Å²) >= 11 is 0. The number of aromatic nitrogens is 2. The van der Waals surface area contributed by atoms with Crippen molar-refractivity contribution in [1.29, 1.82) is 5.26 Å². The molecule has 0 radical (unpaired) electrons. The summed E-state index contributed by atoms with van der Waals surface area (Å²) in [5.41, 5.74) is 1.90. The van der Waals surface area contributed by atoms with Crippen molar-refractivity contribution in [2.24, 2.45) is 0 Å². The lowest BCUT2D eigenvalue weighted by molar-refractivity contribution is 0.383. The minimum atomic E-state index is -3.59. The van der Waals surface area contributed by atoms with Gasteiger partial charge in [0.05, 0.1) is 34.7 Å². The number of nitriles is 1. The molecule has 0 atom stereocenters. The highest BCUT2D eigenvalue weighted by atomic mass is 32.2. The number of benzene rings is 2. The molecule has 10 heteroatoms. The standard InChI is InChI=1S/C23H24N6O3S/c1-32-18-5-7-19(8-6-18)33(30,31)29-12-10-28(11-13-29)23-22(25-17-3-4-17)26-20-9-2-16(15-24)14-21(20)27-23/h2,5-9,14,17H,3-4,10-13H2,1H3,(H,25,26). The lowest BCUT2D eigenvalue weighted by atomic mass is 10.2. The monoisotopic (exact) mass is 464 g/mol. The first-order valence-electron chi connectivity index (χ1n) is 10.9. The number of piperazine rings is 1. The molecule has 0 spiro atoms. The number of hydrogen-bond acceptors (Lipinski definition) is 8. The summed E-state index contributed by atoms with van der Waals surface area (Å²) in [6.45, 7) is 1.67. The summed E-state index contributed by atoms with van der Waals surface area (Å²) in [5.74, 6) is 2.02. The van der Waals surface area contributed by atoms with Crippen molar-refractivity contribution in [2.75, 3.05) is 43.5 Å². The van der Waals surface area contributed by atoms with E-state index < -0.39 is 10.0 Å². The summed E-state index contributed by atoms with van der Waals surface area (Å²) in [6, 6.07) is 14.3. The summed E-state index contributed by atoms with van der Waals surface area (Å²) in [7, 11) is -2.04. The van der Waals surface area contributed by atoms with Gasteiger partial charge in [0.15, 0.2) is 11.6 Å². The van der Waals surface area contributed by atoms with E-state index in [0.29, 0.717) is 60.7 Å². The Bertz CT molecular complexity index is 1320. The van der Waals surface area contributed by atoms with E-state index in [-0.39, 0.29) is 4.90 Å². The summed E-state index contributed by atoms with van der Waals surface area (Å²) < 4.78 is 32.8. The topological polar surface area (TPSA) is 111 Å². The van der Waals surface area contributed by atoms with Crippen molar-refractivity contribution in [2.45, 2.75) is 23.8 Å². The van der Waals surface area contributed by atoms with E-state index in [9.17, 15) is 13.7 Å². The van der Waals surface area contributed by atoms with Gasteiger partial charge in [-0.3, -0.25) is 0 Å². The molecule has 1 saturated heterocycles. The number of ether oxygens (including phenoxy) is 1. The van der Waals surface area contributed by atoms with Crippen molar-refractivity contribution in [3.8, 4) is 11.8 Å². The summed E-state index contributed by atoms with van der Waals surface area (Å²) in [4.78, 5) is 11.9. The second-order valence-electron chi connectivity index (χ2n) is 8.20. The van der Waals surface area contributed by atoms with Gasteiger partial charge in [-0.2, -0.15) is 9.57 Å². The molecular weight excluding hydrogens is 440 g/mol. The normalized spacial score (nSPS) is 17.0. The number of nitrogens with one attached hydrogen (secondary N) is 1. The first-order chi connectivity index (χ1) is 16.0. The van der Waals surface area contributed by atoms with E-state index in [1.165, 1.54) is 4.31 Å². The molecule has 2 aromatic carbocycles. The fourth-order valence-electron chi connectivity index (χ4n) is 3.89. The van der Waals surface area contributed by atoms with Crippen molar-refractivity contribution in [3.05, 3.63) is 48.0 Å². The van der Waals surface area contributed by atoms with Crippen LogP contribution in [0.3, 0.4) is 0 Å². The quantitative estimate of drug-likeness (QED) is 0.593. The maximum Gasteiger partial charge on any atom is 0.243 e. The lowest BCUT2D eigenvalue weighted by Crippen LogP contribution is -2.49. The molecule has 1 aliphatic carbocycles. The maximum atomic E-state index is 13.1. The Morgan fingerprint density at radius 3 is 2.39 bits per heavy atom. The molecule has 1 aromatic heterocycles. The van der Waals surface area contributed by atoms with Crippen LogP contribution in [0.25, 0.3) is 11.0 Å². The summed E-state index contributed by atoms with van der Waals surface area (Å²) in [6.07, 6.45) is 2.20. The predicted octanol–water partition coefficient (Wildman–Crippen LogP) is 2.60. The average Bonchev–Trinajstić information content (AvgIpc) is 3.67. The van der Waals surface area contributed by atoms with Crippen LogP contribution in [0.1, 0.15) is 18.4 Å². The average molecular weight is 465 g/mol. The zero-order valence-corrected chi connectivity index (χ0v) is 19.0. The van der Waals surface area contributed by atoms with Gasteiger partial charge in [-0.25, -0.2) is 18.4 Å². The highest BCUT2D eigenvalue weighted by Gasteiger charge is 2.31. The molecule has 33 heavy (non-hydrogen) atoms. The molecule has 0 bridgehead atoms. The van der Waals surface area contributed by atoms with Crippen LogP contribution in [0.4, 0.5) is 11.6 Å². The van der Waals surface area contributed by atoms with Gasteiger partial charge >= 0.3 is 0 Å². The van der Waals surface area contributed by atoms with Crippen LogP contribution in [-0.2, 0) is 10.0 Å². The van der Waals surface area contributed by atoms with Crippen LogP contribution < -0.4 is 15.0 Å². The third-order valence-electron chi connectivity index (χ3n) is 5.93. The fraction of sp³-hybridized carbons (Fsp3) is 0.348. The third kappa shape index (κ3) is 4.29. The van der Waals surface area contributed by atoms with Gasteiger partial charge in [0.25, 0.3) is 0 Å². The molecular formula is C23H24N6O3S. The van der Waals surface area contributed by atoms with Gasteiger partial charge in [-0.1, -0.05) is 0 Å². The van der Waals surface area contributed by atoms with Gasteiger partial charge < -0.3 is 15.0 Å². The fourth-order valence-corrected chi connectivity index (χ4v) is 5.31. The first kappa shape index (κ1) is 21.4. The molecule has 1 N–H and O–H groups in total. The van der Waals surface area contributed by atoms with Crippen LogP contribution in [0.15, 0.2) is 47.4 Å². The highest BCUT2D eigenvalue weighted by Crippen LogP contribution is 2.32.